The first-order chi connectivity index (χ1) is 6.33. The molecule has 1 nitrogen and oxygen atoms in total. The van der Waals surface area contributed by atoms with Gasteiger partial charge in [0.05, 0.1) is 0 Å². The number of nitrogens with zero attached hydrogens (tertiary/aromatic N) is 1. The number of halogens is 1. The van der Waals surface area contributed by atoms with Crippen molar-refractivity contribution in [3.8, 4) is 0 Å². The highest BCUT2D eigenvalue weighted by molar-refractivity contribution is 14.1. The SMILES string of the molecule is CN(CCCI)Cc1ccccc1. The molecule has 0 aliphatic carbocycles. The van der Waals surface area contributed by atoms with E-state index in [1.165, 1.54) is 23.0 Å². The van der Waals surface area contributed by atoms with Crippen LogP contribution in [0.4, 0.5) is 0 Å². The van der Waals surface area contributed by atoms with E-state index in [2.05, 4.69) is 64.9 Å². The quantitative estimate of drug-likeness (QED) is 0.595. The monoisotopic (exact) mass is 289 g/mol. The molecule has 0 amide bonds. The van der Waals surface area contributed by atoms with E-state index in [0.29, 0.717) is 0 Å². The van der Waals surface area contributed by atoms with Gasteiger partial charge in [-0.25, -0.2) is 0 Å². The third-order valence-corrected chi connectivity index (χ3v) is 2.73. The molecule has 0 spiro atoms. The van der Waals surface area contributed by atoms with E-state index in [4.69, 9.17) is 0 Å². The lowest BCUT2D eigenvalue weighted by Gasteiger charge is -2.15. The van der Waals surface area contributed by atoms with E-state index < -0.39 is 0 Å². The van der Waals surface area contributed by atoms with Gasteiger partial charge in [0.1, 0.15) is 0 Å². The van der Waals surface area contributed by atoms with Crippen LogP contribution in [-0.2, 0) is 6.54 Å². The molecule has 1 rings (SSSR count). The molecule has 72 valence electrons. The minimum Gasteiger partial charge on any atom is -0.302 e. The number of benzene rings is 1. The van der Waals surface area contributed by atoms with Crippen molar-refractivity contribution in [3.05, 3.63) is 35.9 Å². The highest BCUT2D eigenvalue weighted by Gasteiger charge is 1.97. The molecule has 0 saturated carbocycles. The molecule has 1 aromatic rings. The Morgan fingerprint density at radius 3 is 2.54 bits per heavy atom. The highest BCUT2D eigenvalue weighted by Crippen LogP contribution is 2.03. The van der Waals surface area contributed by atoms with Crippen molar-refractivity contribution in [2.24, 2.45) is 0 Å². The zero-order valence-corrected chi connectivity index (χ0v) is 10.2. The molecule has 0 unspecified atom stereocenters. The second kappa shape index (κ2) is 6.38. The van der Waals surface area contributed by atoms with Crippen molar-refractivity contribution in [1.29, 1.82) is 0 Å². The third-order valence-electron chi connectivity index (χ3n) is 1.97. The Hall–Kier alpha value is -0.0900. The maximum atomic E-state index is 2.43. The van der Waals surface area contributed by atoms with Crippen molar-refractivity contribution >= 4 is 22.6 Å². The first kappa shape index (κ1) is 11.0. The molecule has 0 saturated heterocycles. The van der Waals surface area contributed by atoms with Crippen LogP contribution in [0.15, 0.2) is 30.3 Å². The summed E-state index contributed by atoms with van der Waals surface area (Å²) in [5.41, 5.74) is 1.40. The largest absolute Gasteiger partial charge is 0.302 e. The number of hydrogen-bond acceptors (Lipinski definition) is 1. The molecule has 0 atom stereocenters. The smallest absolute Gasteiger partial charge is 0.0230 e. The summed E-state index contributed by atoms with van der Waals surface area (Å²) in [5.74, 6) is 0. The molecule has 0 bridgehead atoms. The summed E-state index contributed by atoms with van der Waals surface area (Å²) < 4.78 is 1.25. The van der Waals surface area contributed by atoms with E-state index in [1.54, 1.807) is 0 Å². The average Bonchev–Trinajstić information content (AvgIpc) is 2.16. The summed E-state index contributed by atoms with van der Waals surface area (Å²) in [7, 11) is 2.18. The Morgan fingerprint density at radius 1 is 1.23 bits per heavy atom. The Balaban J connectivity index is 2.32. The standard InChI is InChI=1S/C11H16IN/c1-13(9-5-8-12)10-11-6-3-2-4-7-11/h2-4,6-7H,5,8-10H2,1H3. The van der Waals surface area contributed by atoms with Gasteiger partial charge in [-0.2, -0.15) is 0 Å². The van der Waals surface area contributed by atoms with Crippen LogP contribution >= 0.6 is 22.6 Å². The van der Waals surface area contributed by atoms with Gasteiger partial charge in [0.15, 0.2) is 0 Å². The van der Waals surface area contributed by atoms with Crippen LogP contribution < -0.4 is 0 Å². The Bertz CT molecular complexity index is 223. The second-order valence-corrected chi connectivity index (χ2v) is 4.34. The molecule has 0 heterocycles. The molecule has 0 aliphatic heterocycles. The van der Waals surface area contributed by atoms with Crippen molar-refractivity contribution in [3.63, 3.8) is 0 Å². The van der Waals surface area contributed by atoms with Crippen molar-refractivity contribution in [2.45, 2.75) is 13.0 Å². The lowest BCUT2D eigenvalue weighted by molar-refractivity contribution is 0.329. The topological polar surface area (TPSA) is 3.24 Å². The van der Waals surface area contributed by atoms with Crippen molar-refractivity contribution < 1.29 is 0 Å². The van der Waals surface area contributed by atoms with Gasteiger partial charge < -0.3 is 4.90 Å². The molecule has 2 heteroatoms. The van der Waals surface area contributed by atoms with Gasteiger partial charge in [0.2, 0.25) is 0 Å². The summed E-state index contributed by atoms with van der Waals surface area (Å²) in [4.78, 5) is 2.37. The molecule has 0 N–H and O–H groups in total. The van der Waals surface area contributed by atoms with Gasteiger partial charge in [-0.05, 0) is 25.6 Å². The van der Waals surface area contributed by atoms with Crippen LogP contribution in [0.2, 0.25) is 0 Å². The molecule has 1 aromatic carbocycles. The Morgan fingerprint density at radius 2 is 1.92 bits per heavy atom. The predicted molar refractivity (Wildman–Crippen MR) is 66.3 cm³/mol. The van der Waals surface area contributed by atoms with Gasteiger partial charge in [0.25, 0.3) is 0 Å². The molecular weight excluding hydrogens is 273 g/mol. The summed E-state index contributed by atoms with van der Waals surface area (Å²) in [6.45, 7) is 2.26. The third kappa shape index (κ3) is 4.62. The predicted octanol–water partition coefficient (Wildman–Crippen LogP) is 2.94. The lowest BCUT2D eigenvalue weighted by atomic mass is 10.2. The van der Waals surface area contributed by atoms with Gasteiger partial charge in [-0.3, -0.25) is 0 Å². The van der Waals surface area contributed by atoms with E-state index in [0.717, 1.165) is 6.54 Å². The molecule has 0 aliphatic rings. The fourth-order valence-corrected chi connectivity index (χ4v) is 1.64. The minimum absolute atomic E-state index is 1.07. The average molecular weight is 289 g/mol. The first-order valence-corrected chi connectivity index (χ1v) is 6.14. The van der Waals surface area contributed by atoms with Crippen LogP contribution in [0.5, 0.6) is 0 Å². The Kier molecular flexibility index (Phi) is 5.39. The van der Waals surface area contributed by atoms with E-state index >= 15 is 0 Å². The lowest BCUT2D eigenvalue weighted by Crippen LogP contribution is -2.19. The van der Waals surface area contributed by atoms with E-state index in [9.17, 15) is 0 Å². The summed E-state index contributed by atoms with van der Waals surface area (Å²) in [6.07, 6.45) is 1.28. The summed E-state index contributed by atoms with van der Waals surface area (Å²) in [5, 5.41) is 0. The first-order valence-electron chi connectivity index (χ1n) is 4.61. The molecule has 13 heavy (non-hydrogen) atoms. The van der Waals surface area contributed by atoms with Crippen LogP contribution in [-0.4, -0.2) is 22.9 Å². The van der Waals surface area contributed by atoms with Crippen LogP contribution in [0, 0.1) is 0 Å². The van der Waals surface area contributed by atoms with E-state index in [1.807, 2.05) is 0 Å². The second-order valence-electron chi connectivity index (χ2n) is 3.27. The maximum Gasteiger partial charge on any atom is 0.0230 e. The molecule has 0 aromatic heterocycles. The zero-order valence-electron chi connectivity index (χ0n) is 8.04. The Labute approximate surface area is 94.3 Å². The molecule has 0 fully saturated rings. The molecular formula is C11H16IN. The van der Waals surface area contributed by atoms with Crippen LogP contribution in [0.1, 0.15) is 12.0 Å². The van der Waals surface area contributed by atoms with Gasteiger partial charge in [-0.1, -0.05) is 52.9 Å². The van der Waals surface area contributed by atoms with Gasteiger partial charge in [-0.15, -0.1) is 0 Å². The fourth-order valence-electron chi connectivity index (χ4n) is 1.30. The number of rotatable bonds is 5. The van der Waals surface area contributed by atoms with Crippen LogP contribution in [0.25, 0.3) is 0 Å². The highest BCUT2D eigenvalue weighted by atomic mass is 127. The number of hydrogen-bond donors (Lipinski definition) is 0. The van der Waals surface area contributed by atoms with E-state index in [-0.39, 0.29) is 0 Å². The zero-order chi connectivity index (χ0) is 9.52. The summed E-state index contributed by atoms with van der Waals surface area (Å²) >= 11 is 2.43. The summed E-state index contributed by atoms with van der Waals surface area (Å²) in [6, 6.07) is 10.6. The maximum absolute atomic E-state index is 2.43. The van der Waals surface area contributed by atoms with Crippen LogP contribution in [0.3, 0.4) is 0 Å². The van der Waals surface area contributed by atoms with Gasteiger partial charge in [0, 0.05) is 11.0 Å². The van der Waals surface area contributed by atoms with Gasteiger partial charge >= 0.3 is 0 Å². The minimum atomic E-state index is 1.07. The normalized spacial score (nSPS) is 10.7. The van der Waals surface area contributed by atoms with Crippen molar-refractivity contribution in [1.82, 2.24) is 4.90 Å². The fraction of sp³-hybridized carbons (Fsp3) is 0.455. The molecule has 0 radical (unpaired) electrons. The van der Waals surface area contributed by atoms with Crippen molar-refractivity contribution in [2.75, 3.05) is 18.0 Å². The number of alkyl halides is 1.